The Morgan fingerprint density at radius 1 is 1.24 bits per heavy atom. The van der Waals surface area contributed by atoms with Crippen LogP contribution in [0.15, 0.2) is 48.5 Å². The number of rotatable bonds is 7. The molecule has 1 unspecified atom stereocenters. The number of aromatic nitrogens is 1. The number of aryl methyl sites for hydroxylation is 1. The molecular formula is C24H23N5O3S2. The molecule has 0 aliphatic carbocycles. The first-order chi connectivity index (χ1) is 16.4. The first-order valence-corrected chi connectivity index (χ1v) is 13.0. The number of anilines is 3. The maximum atomic E-state index is 12.4. The minimum absolute atomic E-state index is 0.143. The zero-order valence-corrected chi connectivity index (χ0v) is 20.4. The van der Waals surface area contributed by atoms with Crippen molar-refractivity contribution in [1.82, 2.24) is 9.71 Å². The topological polar surface area (TPSA) is 106 Å². The maximum absolute atomic E-state index is 12.4. The number of thiazole rings is 1. The third-order valence-corrected chi connectivity index (χ3v) is 6.90. The summed E-state index contributed by atoms with van der Waals surface area (Å²) in [6, 6.07) is 17.1. The Morgan fingerprint density at radius 3 is 2.53 bits per heavy atom. The predicted octanol–water partition coefficient (Wildman–Crippen LogP) is 3.81. The van der Waals surface area contributed by atoms with Crippen LogP contribution in [0, 0.1) is 18.3 Å². The van der Waals surface area contributed by atoms with Crippen molar-refractivity contribution in [3.8, 4) is 6.07 Å². The molecule has 3 aromatic rings. The lowest BCUT2D eigenvalue weighted by Crippen LogP contribution is -2.25. The van der Waals surface area contributed by atoms with Crippen LogP contribution in [0.2, 0.25) is 0 Å². The average Bonchev–Trinajstić information content (AvgIpc) is 3.43. The molecule has 2 aromatic carbocycles. The van der Waals surface area contributed by atoms with Crippen LogP contribution in [0.1, 0.15) is 39.3 Å². The number of benzene rings is 2. The van der Waals surface area contributed by atoms with Crippen LogP contribution in [0.4, 0.5) is 16.5 Å². The molecule has 34 heavy (non-hydrogen) atoms. The van der Waals surface area contributed by atoms with Crippen LogP contribution < -0.4 is 14.5 Å². The average molecular weight is 494 g/mol. The van der Waals surface area contributed by atoms with Gasteiger partial charge in [-0.3, -0.25) is 14.3 Å². The molecule has 2 amide bonds. The predicted molar refractivity (Wildman–Crippen MR) is 133 cm³/mol. The minimum atomic E-state index is -1.49. The fraction of sp³-hybridized carbons (Fsp3) is 0.250. The van der Waals surface area contributed by atoms with Crippen molar-refractivity contribution in [2.45, 2.75) is 26.3 Å². The van der Waals surface area contributed by atoms with Crippen LogP contribution in [0.3, 0.4) is 0 Å². The molecule has 1 fully saturated rings. The lowest BCUT2D eigenvalue weighted by molar-refractivity contribution is -0.117. The van der Waals surface area contributed by atoms with Gasteiger partial charge in [-0.25, -0.2) is 9.19 Å². The summed E-state index contributed by atoms with van der Waals surface area (Å²) >= 11 is 1.36. The number of carbonyl (C=O) groups excluding carboxylic acids is 2. The Hall–Kier alpha value is -3.55. The van der Waals surface area contributed by atoms with Gasteiger partial charge in [0, 0.05) is 35.5 Å². The lowest BCUT2D eigenvalue weighted by atomic mass is 10.1. The monoisotopic (exact) mass is 493 g/mol. The van der Waals surface area contributed by atoms with Crippen LogP contribution in [-0.4, -0.2) is 33.8 Å². The summed E-state index contributed by atoms with van der Waals surface area (Å²) in [6.07, 6.45) is 2.85. The molecule has 0 saturated carbocycles. The Bertz CT molecular complexity index is 1280. The Morgan fingerprint density at radius 2 is 1.94 bits per heavy atom. The van der Waals surface area contributed by atoms with Crippen molar-refractivity contribution >= 4 is 50.6 Å². The molecule has 10 heteroatoms. The Kier molecular flexibility index (Phi) is 7.05. The van der Waals surface area contributed by atoms with Gasteiger partial charge < -0.3 is 9.80 Å². The van der Waals surface area contributed by atoms with Crippen molar-refractivity contribution in [1.29, 1.82) is 5.26 Å². The van der Waals surface area contributed by atoms with Gasteiger partial charge in [0.05, 0.1) is 18.2 Å². The second-order valence-electron chi connectivity index (χ2n) is 7.85. The number of carbonyl (C=O) groups is 2. The van der Waals surface area contributed by atoms with Gasteiger partial charge in [0.2, 0.25) is 5.91 Å². The highest BCUT2D eigenvalue weighted by atomic mass is 32.2. The molecule has 1 N–H and O–H groups in total. The highest BCUT2D eigenvalue weighted by molar-refractivity contribution is 7.82. The molecule has 1 aliphatic rings. The maximum Gasteiger partial charge on any atom is 0.282 e. The largest absolute Gasteiger partial charge is 0.313 e. The summed E-state index contributed by atoms with van der Waals surface area (Å²) in [5.41, 5.74) is 3.47. The van der Waals surface area contributed by atoms with Gasteiger partial charge in [-0.1, -0.05) is 12.1 Å². The SMILES string of the molecule is Cc1sc(N(Cc2ccc(N3CCCC3=O)cc2)c2ccc(C#N)cc2)nc1C(=O)NS(C)=O. The Labute approximate surface area is 204 Å². The first kappa shape index (κ1) is 23.6. The molecule has 0 spiro atoms. The molecule has 1 atom stereocenters. The van der Waals surface area contributed by atoms with Crippen molar-refractivity contribution in [3.05, 3.63) is 70.2 Å². The standard InChI is InChI=1S/C24H23N5O3S2/c1-16-22(23(31)27-34(2)32)26-24(33-16)29(20-9-5-17(14-25)6-10-20)15-18-7-11-19(12-8-18)28-13-3-4-21(28)30/h5-12H,3-4,13,15H2,1-2H3,(H,27,31). The second kappa shape index (κ2) is 10.2. The molecule has 0 bridgehead atoms. The van der Waals surface area contributed by atoms with Crippen molar-refractivity contribution in [3.63, 3.8) is 0 Å². The third kappa shape index (κ3) is 5.16. The van der Waals surface area contributed by atoms with E-state index in [2.05, 4.69) is 15.8 Å². The van der Waals surface area contributed by atoms with Crippen LogP contribution in [0.25, 0.3) is 0 Å². The van der Waals surface area contributed by atoms with E-state index in [1.54, 1.807) is 24.0 Å². The van der Waals surface area contributed by atoms with E-state index in [9.17, 15) is 13.8 Å². The normalized spacial score (nSPS) is 14.0. The quantitative estimate of drug-likeness (QED) is 0.536. The van der Waals surface area contributed by atoms with Gasteiger partial charge in [-0.05, 0) is 55.3 Å². The summed E-state index contributed by atoms with van der Waals surface area (Å²) in [7, 11) is -1.49. The van der Waals surface area contributed by atoms with E-state index in [1.165, 1.54) is 17.6 Å². The van der Waals surface area contributed by atoms with Crippen LogP contribution in [0.5, 0.6) is 0 Å². The summed E-state index contributed by atoms with van der Waals surface area (Å²) < 4.78 is 13.8. The molecule has 174 valence electrons. The van der Waals surface area contributed by atoms with E-state index in [4.69, 9.17) is 5.26 Å². The molecule has 8 nitrogen and oxygen atoms in total. The summed E-state index contributed by atoms with van der Waals surface area (Å²) in [5, 5.41) is 9.76. The van der Waals surface area contributed by atoms with Crippen molar-refractivity contribution in [2.75, 3.05) is 22.6 Å². The molecule has 4 rings (SSSR count). The molecule has 1 saturated heterocycles. The van der Waals surface area contributed by atoms with E-state index in [-0.39, 0.29) is 11.6 Å². The lowest BCUT2D eigenvalue weighted by Gasteiger charge is -2.23. The zero-order chi connectivity index (χ0) is 24.2. The first-order valence-electron chi connectivity index (χ1n) is 10.6. The number of hydrogen-bond acceptors (Lipinski definition) is 7. The van der Waals surface area contributed by atoms with Gasteiger partial charge in [-0.15, -0.1) is 11.3 Å². The van der Waals surface area contributed by atoms with Crippen LogP contribution in [-0.2, 0) is 22.3 Å². The zero-order valence-electron chi connectivity index (χ0n) is 18.8. The van der Waals surface area contributed by atoms with Gasteiger partial charge >= 0.3 is 0 Å². The number of nitriles is 1. The highest BCUT2D eigenvalue weighted by Gasteiger charge is 2.23. The number of nitrogens with one attached hydrogen (secondary N) is 1. The van der Waals surface area contributed by atoms with E-state index < -0.39 is 16.9 Å². The number of hydrogen-bond donors (Lipinski definition) is 1. The number of nitrogens with zero attached hydrogens (tertiary/aromatic N) is 4. The van der Waals surface area contributed by atoms with Gasteiger partial charge in [0.15, 0.2) is 5.13 Å². The third-order valence-electron chi connectivity index (χ3n) is 5.44. The molecule has 0 radical (unpaired) electrons. The fourth-order valence-electron chi connectivity index (χ4n) is 3.76. The van der Waals surface area contributed by atoms with Gasteiger partial charge in [0.1, 0.15) is 16.7 Å². The van der Waals surface area contributed by atoms with E-state index in [0.717, 1.165) is 29.9 Å². The smallest absolute Gasteiger partial charge is 0.282 e. The summed E-state index contributed by atoms with van der Waals surface area (Å²) in [5.74, 6) is -0.343. The molecule has 1 aromatic heterocycles. The molecular weight excluding hydrogens is 470 g/mol. The van der Waals surface area contributed by atoms with Crippen molar-refractivity contribution < 1.29 is 13.8 Å². The van der Waals surface area contributed by atoms with E-state index in [0.29, 0.717) is 28.5 Å². The van der Waals surface area contributed by atoms with Gasteiger partial charge in [-0.2, -0.15) is 5.26 Å². The Balaban J connectivity index is 1.65. The summed E-state index contributed by atoms with van der Waals surface area (Å²) in [4.78, 5) is 33.5. The fourth-order valence-corrected chi connectivity index (χ4v) is 5.04. The summed E-state index contributed by atoms with van der Waals surface area (Å²) in [6.45, 7) is 3.00. The number of amides is 2. The highest BCUT2D eigenvalue weighted by Crippen LogP contribution is 2.33. The van der Waals surface area contributed by atoms with E-state index in [1.807, 2.05) is 41.3 Å². The molecule has 2 heterocycles. The minimum Gasteiger partial charge on any atom is -0.313 e. The van der Waals surface area contributed by atoms with E-state index >= 15 is 0 Å². The molecule has 1 aliphatic heterocycles. The van der Waals surface area contributed by atoms with Crippen molar-refractivity contribution in [2.24, 2.45) is 0 Å². The second-order valence-corrected chi connectivity index (χ2v) is 10.1. The van der Waals surface area contributed by atoms with Gasteiger partial charge in [0.25, 0.3) is 5.91 Å². The van der Waals surface area contributed by atoms with Crippen LogP contribution >= 0.6 is 11.3 Å².